The van der Waals surface area contributed by atoms with Gasteiger partial charge in [0.05, 0.1) is 40.7 Å². The SMILES string of the molecule is [2H]C([2H])([2H])NC(=O)c1nnc(NC(=O)C2CC2)cc1Nc1cccc2c1N(C)[C@H](C)c1cnnn1-2. The molecule has 3 N–H and O–H groups in total. The fraction of sp³-hybridized carbons (Fsp3) is 0.333. The molecule has 1 aromatic carbocycles. The van der Waals surface area contributed by atoms with Crippen molar-refractivity contribution >= 4 is 34.7 Å². The van der Waals surface area contributed by atoms with Crippen molar-refractivity contribution in [2.24, 2.45) is 5.92 Å². The van der Waals surface area contributed by atoms with Gasteiger partial charge in [-0.05, 0) is 31.9 Å². The minimum Gasteiger partial charge on any atom is -0.363 e. The van der Waals surface area contributed by atoms with Crippen LogP contribution in [0.25, 0.3) is 5.69 Å². The van der Waals surface area contributed by atoms with Gasteiger partial charge in [0.25, 0.3) is 5.91 Å². The van der Waals surface area contributed by atoms with Crippen molar-refractivity contribution < 1.29 is 13.7 Å². The maximum Gasteiger partial charge on any atom is 0.273 e. The second kappa shape index (κ2) is 7.59. The molecule has 3 heterocycles. The largest absolute Gasteiger partial charge is 0.363 e. The number of benzene rings is 1. The molecule has 0 spiro atoms. The zero-order valence-corrected chi connectivity index (χ0v) is 17.5. The van der Waals surface area contributed by atoms with Crippen molar-refractivity contribution in [1.29, 1.82) is 0 Å². The maximum atomic E-state index is 12.7. The molecule has 11 nitrogen and oxygen atoms in total. The highest BCUT2D eigenvalue weighted by Crippen LogP contribution is 2.42. The van der Waals surface area contributed by atoms with E-state index in [0.29, 0.717) is 5.69 Å². The summed E-state index contributed by atoms with van der Waals surface area (Å²) in [5, 5.41) is 23.9. The Kier molecular flexibility index (Phi) is 3.95. The third-order valence-corrected chi connectivity index (χ3v) is 5.77. The van der Waals surface area contributed by atoms with Crippen molar-refractivity contribution in [2.75, 3.05) is 29.6 Å². The molecular weight excluding hydrogens is 410 g/mol. The fourth-order valence-electron chi connectivity index (χ4n) is 3.77. The van der Waals surface area contributed by atoms with Crippen LogP contribution in [0.4, 0.5) is 22.9 Å². The third-order valence-electron chi connectivity index (χ3n) is 5.77. The quantitative estimate of drug-likeness (QED) is 0.554. The molecule has 0 bridgehead atoms. The number of aromatic nitrogens is 5. The first-order chi connectivity index (χ1) is 16.6. The second-order valence-electron chi connectivity index (χ2n) is 7.87. The summed E-state index contributed by atoms with van der Waals surface area (Å²) in [5.41, 5.74) is 3.07. The molecule has 0 radical (unpaired) electrons. The zero-order valence-electron chi connectivity index (χ0n) is 20.5. The van der Waals surface area contributed by atoms with E-state index in [9.17, 15) is 9.59 Å². The molecule has 1 fully saturated rings. The normalized spacial score (nSPS) is 18.5. The molecule has 3 aromatic rings. The molecule has 1 saturated carbocycles. The number of amides is 2. The lowest BCUT2D eigenvalue weighted by molar-refractivity contribution is -0.117. The summed E-state index contributed by atoms with van der Waals surface area (Å²) in [6.07, 6.45) is 3.34. The minimum absolute atomic E-state index is 0.0391. The Morgan fingerprint density at radius 3 is 2.84 bits per heavy atom. The monoisotopic (exact) mass is 436 g/mol. The number of nitrogens with zero attached hydrogens (tertiary/aromatic N) is 6. The van der Waals surface area contributed by atoms with Crippen LogP contribution in [0.5, 0.6) is 0 Å². The van der Waals surface area contributed by atoms with Crippen LogP contribution in [0, 0.1) is 5.92 Å². The van der Waals surface area contributed by atoms with Crippen LogP contribution in [0.3, 0.4) is 0 Å². The molecule has 1 aliphatic carbocycles. The highest BCUT2D eigenvalue weighted by atomic mass is 16.2. The number of rotatable bonds is 5. The molecule has 2 amide bonds. The van der Waals surface area contributed by atoms with Gasteiger partial charge in [0.1, 0.15) is 0 Å². The standard InChI is InChI=1S/C21H23N9O2/c1-11-16-10-23-28-30(16)15-6-4-5-13(19(15)29(11)3)24-14-9-17(25-20(31)12-7-8-12)26-27-18(14)21(32)22-2/h4-6,9-12H,7-8H2,1-3H3,(H,22,32)(H2,24,25,26,31)/t11-/m1/s1/i2D3. The van der Waals surface area contributed by atoms with E-state index >= 15 is 0 Å². The van der Waals surface area contributed by atoms with Gasteiger partial charge in [0, 0.05) is 30.1 Å². The van der Waals surface area contributed by atoms with Crippen LogP contribution in [0.2, 0.25) is 0 Å². The van der Waals surface area contributed by atoms with Crippen LogP contribution in [-0.4, -0.2) is 51.0 Å². The Morgan fingerprint density at radius 2 is 2.06 bits per heavy atom. The van der Waals surface area contributed by atoms with Crippen molar-refractivity contribution in [3.8, 4) is 5.69 Å². The molecule has 0 saturated heterocycles. The topological polar surface area (TPSA) is 130 Å². The number of para-hydroxylation sites is 1. The zero-order chi connectivity index (χ0) is 24.9. The number of nitrogens with one attached hydrogen (secondary N) is 3. The molecule has 0 unspecified atom stereocenters. The van der Waals surface area contributed by atoms with Crippen LogP contribution >= 0.6 is 0 Å². The number of hydrogen-bond acceptors (Lipinski definition) is 8. The van der Waals surface area contributed by atoms with Gasteiger partial charge in [-0.15, -0.1) is 15.3 Å². The fourth-order valence-corrected chi connectivity index (χ4v) is 3.77. The second-order valence-corrected chi connectivity index (χ2v) is 7.87. The lowest BCUT2D eigenvalue weighted by atomic mass is 10.1. The summed E-state index contributed by atoms with van der Waals surface area (Å²) in [5.74, 6) is -1.00. The van der Waals surface area contributed by atoms with Crippen molar-refractivity contribution in [3.05, 3.63) is 41.9 Å². The van der Waals surface area contributed by atoms with Crippen molar-refractivity contribution in [2.45, 2.75) is 25.8 Å². The summed E-state index contributed by atoms with van der Waals surface area (Å²) in [6, 6.07) is 6.97. The van der Waals surface area contributed by atoms with E-state index in [1.807, 2.05) is 42.4 Å². The molecule has 11 heteroatoms. The first-order valence-corrected chi connectivity index (χ1v) is 10.2. The number of carbonyl (C=O) groups is 2. The number of fused-ring (bicyclic) bond motifs is 3. The van der Waals surface area contributed by atoms with E-state index in [2.05, 4.69) is 31.1 Å². The molecular formula is C21H23N9O2. The van der Waals surface area contributed by atoms with Gasteiger partial charge in [-0.2, -0.15) is 0 Å². The summed E-state index contributed by atoms with van der Waals surface area (Å²) < 4.78 is 23.9. The van der Waals surface area contributed by atoms with Crippen LogP contribution < -0.4 is 20.9 Å². The van der Waals surface area contributed by atoms with E-state index in [1.54, 1.807) is 10.9 Å². The van der Waals surface area contributed by atoms with Crippen LogP contribution in [0.1, 0.15) is 46.1 Å². The van der Waals surface area contributed by atoms with Gasteiger partial charge in [0.2, 0.25) is 5.91 Å². The number of hydrogen-bond donors (Lipinski definition) is 3. The summed E-state index contributed by atoms with van der Waals surface area (Å²) in [6.45, 7) is -0.691. The van der Waals surface area contributed by atoms with E-state index in [4.69, 9.17) is 4.11 Å². The number of anilines is 4. The van der Waals surface area contributed by atoms with Crippen LogP contribution in [-0.2, 0) is 4.79 Å². The molecule has 1 atom stereocenters. The molecule has 2 aliphatic rings. The molecule has 1 aliphatic heterocycles. The summed E-state index contributed by atoms with van der Waals surface area (Å²) >= 11 is 0. The van der Waals surface area contributed by atoms with E-state index in [1.165, 1.54) is 6.07 Å². The summed E-state index contributed by atoms with van der Waals surface area (Å²) in [4.78, 5) is 27.0. The van der Waals surface area contributed by atoms with Gasteiger partial charge >= 0.3 is 0 Å². The molecule has 2 aromatic heterocycles. The average molecular weight is 436 g/mol. The lowest BCUT2D eigenvalue weighted by Crippen LogP contribution is -2.30. The van der Waals surface area contributed by atoms with Gasteiger partial charge in [-0.1, -0.05) is 11.3 Å². The Morgan fingerprint density at radius 1 is 1.22 bits per heavy atom. The maximum absolute atomic E-state index is 12.7. The van der Waals surface area contributed by atoms with E-state index in [0.717, 1.165) is 29.9 Å². The predicted molar refractivity (Wildman–Crippen MR) is 118 cm³/mol. The molecule has 32 heavy (non-hydrogen) atoms. The first kappa shape index (κ1) is 16.6. The first-order valence-electron chi connectivity index (χ1n) is 11.7. The van der Waals surface area contributed by atoms with Gasteiger partial charge in [-0.3, -0.25) is 9.59 Å². The van der Waals surface area contributed by atoms with Gasteiger partial charge in [-0.25, -0.2) is 4.68 Å². The van der Waals surface area contributed by atoms with Gasteiger partial charge < -0.3 is 20.9 Å². The summed E-state index contributed by atoms with van der Waals surface area (Å²) in [7, 11) is 1.93. The molecule has 5 rings (SSSR count). The predicted octanol–water partition coefficient (Wildman–Crippen LogP) is 2.02. The van der Waals surface area contributed by atoms with Gasteiger partial charge in [0.15, 0.2) is 11.5 Å². The van der Waals surface area contributed by atoms with Crippen molar-refractivity contribution in [3.63, 3.8) is 0 Å². The van der Waals surface area contributed by atoms with Crippen molar-refractivity contribution in [1.82, 2.24) is 30.5 Å². The average Bonchev–Trinajstić information content (AvgIpc) is 3.53. The minimum atomic E-state index is -2.71. The smallest absolute Gasteiger partial charge is 0.273 e. The Balaban J connectivity index is 1.55. The van der Waals surface area contributed by atoms with Crippen LogP contribution in [0.15, 0.2) is 30.5 Å². The Labute approximate surface area is 188 Å². The number of carbonyl (C=O) groups excluding carboxylic acids is 2. The Bertz CT molecular complexity index is 1320. The lowest BCUT2D eigenvalue weighted by Gasteiger charge is -2.35. The Hall–Kier alpha value is -4.02. The van der Waals surface area contributed by atoms with E-state index < -0.39 is 12.9 Å². The van der Waals surface area contributed by atoms with E-state index in [-0.39, 0.29) is 35.1 Å². The highest BCUT2D eigenvalue weighted by molar-refractivity contribution is 6.00. The third kappa shape index (κ3) is 3.31. The molecule has 164 valence electrons. The highest BCUT2D eigenvalue weighted by Gasteiger charge is 2.31.